The molecule has 0 aliphatic carbocycles. The summed E-state index contributed by atoms with van der Waals surface area (Å²) in [5.74, 6) is -0.339. The van der Waals surface area contributed by atoms with Gasteiger partial charge >= 0.3 is 5.97 Å². The number of rotatable bonds is 3. The summed E-state index contributed by atoms with van der Waals surface area (Å²) in [7, 11) is 2.91. The van der Waals surface area contributed by atoms with Gasteiger partial charge in [-0.15, -0.1) is 5.10 Å². The van der Waals surface area contributed by atoms with Gasteiger partial charge in [-0.25, -0.2) is 4.98 Å². The molecule has 14 heavy (non-hydrogen) atoms. The Labute approximate surface area is 80.9 Å². The lowest BCUT2D eigenvalue weighted by molar-refractivity contribution is -0.139. The summed E-state index contributed by atoms with van der Waals surface area (Å²) in [6.07, 6.45) is -0.319. The van der Waals surface area contributed by atoms with Crippen LogP contribution in [0.5, 0.6) is 0 Å². The third kappa shape index (κ3) is 2.15. The molecule has 1 aromatic heterocycles. The Morgan fingerprint density at radius 1 is 1.50 bits per heavy atom. The number of aromatic nitrogens is 3. The number of carbonyl (C=O) groups excluding carboxylic acids is 2. The molecule has 0 saturated carbocycles. The second-order valence-corrected chi connectivity index (χ2v) is 2.78. The van der Waals surface area contributed by atoms with Crippen molar-refractivity contribution in [3.63, 3.8) is 0 Å². The van der Waals surface area contributed by atoms with Crippen molar-refractivity contribution in [2.75, 3.05) is 7.11 Å². The molecule has 0 bridgehead atoms. The number of ketones is 1. The molecule has 6 heteroatoms. The van der Waals surface area contributed by atoms with Crippen LogP contribution in [-0.2, 0) is 16.6 Å². The first kappa shape index (κ1) is 10.4. The van der Waals surface area contributed by atoms with Crippen molar-refractivity contribution >= 4 is 11.8 Å². The van der Waals surface area contributed by atoms with Crippen LogP contribution < -0.4 is 0 Å². The molecular formula is C8H11N3O3. The Morgan fingerprint density at radius 3 is 2.57 bits per heavy atom. The van der Waals surface area contributed by atoms with Crippen molar-refractivity contribution in [2.45, 2.75) is 13.3 Å². The van der Waals surface area contributed by atoms with Crippen molar-refractivity contribution in [3.05, 3.63) is 11.6 Å². The number of hydrogen-bond acceptors (Lipinski definition) is 5. The molecule has 0 radical (unpaired) electrons. The van der Waals surface area contributed by atoms with Gasteiger partial charge in [-0.2, -0.15) is 0 Å². The van der Waals surface area contributed by atoms with E-state index in [0.717, 1.165) is 0 Å². The molecule has 1 rings (SSSR count). The highest BCUT2D eigenvalue weighted by molar-refractivity contribution is 6.03. The van der Waals surface area contributed by atoms with Gasteiger partial charge in [0.2, 0.25) is 11.6 Å². The minimum atomic E-state index is -0.583. The van der Waals surface area contributed by atoms with E-state index in [4.69, 9.17) is 0 Å². The molecule has 76 valence electrons. The fourth-order valence-electron chi connectivity index (χ4n) is 0.863. The van der Waals surface area contributed by atoms with Crippen LogP contribution >= 0.6 is 0 Å². The number of Topliss-reactive ketones (excluding diaryl/α,β-unsaturated/α-hetero) is 1. The van der Waals surface area contributed by atoms with Crippen LogP contribution in [0.1, 0.15) is 22.9 Å². The maximum absolute atomic E-state index is 11.3. The zero-order valence-electron chi connectivity index (χ0n) is 8.27. The number of ether oxygens (including phenoxy) is 1. The minimum Gasteiger partial charge on any atom is -0.469 e. The van der Waals surface area contributed by atoms with Crippen LogP contribution in [0, 0.1) is 6.92 Å². The highest BCUT2D eigenvalue weighted by Gasteiger charge is 2.16. The van der Waals surface area contributed by atoms with E-state index in [0.29, 0.717) is 5.82 Å². The number of esters is 1. The van der Waals surface area contributed by atoms with Crippen LogP contribution in [0.2, 0.25) is 0 Å². The first-order valence-corrected chi connectivity index (χ1v) is 4.02. The van der Waals surface area contributed by atoms with Crippen LogP contribution in [0.25, 0.3) is 0 Å². The van der Waals surface area contributed by atoms with Crippen LogP contribution in [0.15, 0.2) is 0 Å². The number of nitrogens with zero attached hydrogens (tertiary/aromatic N) is 3. The van der Waals surface area contributed by atoms with Gasteiger partial charge < -0.3 is 4.74 Å². The monoisotopic (exact) mass is 197 g/mol. The largest absolute Gasteiger partial charge is 0.469 e. The number of methoxy groups -OCH3 is 1. The average molecular weight is 197 g/mol. The summed E-state index contributed by atoms with van der Waals surface area (Å²) in [5.41, 5.74) is 0. The molecule has 6 nitrogen and oxygen atoms in total. The molecule has 0 amide bonds. The van der Waals surface area contributed by atoms with Gasteiger partial charge in [-0.3, -0.25) is 14.3 Å². The molecule has 0 aliphatic rings. The van der Waals surface area contributed by atoms with Crippen molar-refractivity contribution < 1.29 is 14.3 Å². The summed E-state index contributed by atoms with van der Waals surface area (Å²) < 4.78 is 5.83. The highest BCUT2D eigenvalue weighted by atomic mass is 16.5. The average Bonchev–Trinajstić information content (AvgIpc) is 2.47. The van der Waals surface area contributed by atoms with Crippen LogP contribution in [-0.4, -0.2) is 33.6 Å². The first-order valence-electron chi connectivity index (χ1n) is 4.02. The summed E-state index contributed by atoms with van der Waals surface area (Å²) in [6, 6.07) is 0. The zero-order valence-corrected chi connectivity index (χ0v) is 8.27. The first-order chi connectivity index (χ1) is 6.54. The van der Waals surface area contributed by atoms with Gasteiger partial charge in [0.1, 0.15) is 12.2 Å². The summed E-state index contributed by atoms with van der Waals surface area (Å²) in [4.78, 5) is 26.0. The third-order valence-corrected chi connectivity index (χ3v) is 1.76. The van der Waals surface area contributed by atoms with E-state index in [-0.39, 0.29) is 12.2 Å². The van der Waals surface area contributed by atoms with Gasteiger partial charge in [0.25, 0.3) is 0 Å². The number of hydrogen-bond donors (Lipinski definition) is 0. The Balaban J connectivity index is 2.75. The second kappa shape index (κ2) is 3.99. The number of carbonyl (C=O) groups is 2. The van der Waals surface area contributed by atoms with E-state index >= 15 is 0 Å². The van der Waals surface area contributed by atoms with Crippen molar-refractivity contribution in [1.82, 2.24) is 14.8 Å². The predicted molar refractivity (Wildman–Crippen MR) is 46.7 cm³/mol. The summed E-state index contributed by atoms with van der Waals surface area (Å²) in [5, 5.41) is 3.85. The molecule has 0 N–H and O–H groups in total. The molecule has 1 aromatic rings. The van der Waals surface area contributed by atoms with E-state index in [2.05, 4.69) is 14.8 Å². The van der Waals surface area contributed by atoms with E-state index in [9.17, 15) is 9.59 Å². The maximum Gasteiger partial charge on any atom is 0.313 e. The molecule has 0 saturated heterocycles. The standard InChI is InChI=1S/C8H11N3O3/c1-5-9-8(10-11(5)2)6(12)4-7(13)14-3/h4H2,1-3H3. The SMILES string of the molecule is COC(=O)CC(=O)c1nc(C)n(C)n1. The van der Waals surface area contributed by atoms with Crippen molar-refractivity contribution in [1.29, 1.82) is 0 Å². The fraction of sp³-hybridized carbons (Fsp3) is 0.500. The summed E-state index contributed by atoms with van der Waals surface area (Å²) in [6.45, 7) is 1.72. The highest BCUT2D eigenvalue weighted by Crippen LogP contribution is 1.99. The normalized spacial score (nSPS) is 9.93. The molecule has 1 heterocycles. The van der Waals surface area contributed by atoms with Gasteiger partial charge in [0.05, 0.1) is 7.11 Å². The van der Waals surface area contributed by atoms with E-state index in [1.165, 1.54) is 11.8 Å². The number of aryl methyl sites for hydroxylation is 2. The molecule has 0 fully saturated rings. The lowest BCUT2D eigenvalue weighted by Crippen LogP contribution is -2.11. The maximum atomic E-state index is 11.3. The van der Waals surface area contributed by atoms with E-state index in [1.807, 2.05) is 0 Å². The molecular weight excluding hydrogens is 186 g/mol. The molecule has 0 unspecified atom stereocenters. The smallest absolute Gasteiger partial charge is 0.313 e. The Hall–Kier alpha value is -1.72. The van der Waals surface area contributed by atoms with Gasteiger partial charge in [0.15, 0.2) is 0 Å². The van der Waals surface area contributed by atoms with Gasteiger partial charge in [-0.05, 0) is 6.92 Å². The van der Waals surface area contributed by atoms with E-state index in [1.54, 1.807) is 14.0 Å². The van der Waals surface area contributed by atoms with Crippen molar-refractivity contribution in [2.24, 2.45) is 7.05 Å². The lowest BCUT2D eigenvalue weighted by atomic mass is 10.3. The van der Waals surface area contributed by atoms with Gasteiger partial charge in [0, 0.05) is 7.05 Å². The zero-order chi connectivity index (χ0) is 10.7. The minimum absolute atomic E-state index is 0.0513. The van der Waals surface area contributed by atoms with Crippen LogP contribution in [0.4, 0.5) is 0 Å². The Bertz CT molecular complexity index is 350. The van der Waals surface area contributed by atoms with Crippen molar-refractivity contribution in [3.8, 4) is 0 Å². The van der Waals surface area contributed by atoms with Crippen LogP contribution in [0.3, 0.4) is 0 Å². The topological polar surface area (TPSA) is 74.1 Å². The second-order valence-electron chi connectivity index (χ2n) is 2.78. The molecule has 0 spiro atoms. The third-order valence-electron chi connectivity index (χ3n) is 1.76. The fourth-order valence-corrected chi connectivity index (χ4v) is 0.863. The summed E-state index contributed by atoms with van der Waals surface area (Å²) >= 11 is 0. The molecule has 0 atom stereocenters. The quantitative estimate of drug-likeness (QED) is 0.383. The van der Waals surface area contributed by atoms with Gasteiger partial charge in [-0.1, -0.05) is 0 Å². The van der Waals surface area contributed by atoms with E-state index < -0.39 is 11.8 Å². The lowest BCUT2D eigenvalue weighted by Gasteiger charge is -1.94. The predicted octanol–water partition coefficient (Wildman–Crippen LogP) is -0.131. The Kier molecular flexibility index (Phi) is 2.95. The molecule has 0 aromatic carbocycles. The molecule has 0 aliphatic heterocycles. The Morgan fingerprint density at radius 2 is 2.14 bits per heavy atom.